The summed E-state index contributed by atoms with van der Waals surface area (Å²) in [4.78, 5) is 21.7. The third kappa shape index (κ3) is 6.81. The summed E-state index contributed by atoms with van der Waals surface area (Å²) in [6.07, 6.45) is 2.13. The molecule has 2 fully saturated rings. The smallest absolute Gasteiger partial charge is 0.242 e. The number of carbonyl (C=O) groups excluding carboxylic acids is 1. The van der Waals surface area contributed by atoms with Crippen LogP contribution in [0.2, 0.25) is 0 Å². The highest BCUT2D eigenvalue weighted by Crippen LogP contribution is 2.25. The minimum absolute atomic E-state index is 0.0207. The zero-order valence-corrected chi connectivity index (χ0v) is 22.3. The fourth-order valence-corrected chi connectivity index (χ4v) is 6.31. The van der Waals surface area contributed by atoms with Crippen molar-refractivity contribution < 1.29 is 17.9 Å². The fourth-order valence-electron chi connectivity index (χ4n) is 5.55. The average Bonchev–Trinajstić information content (AvgIpc) is 2.89. The van der Waals surface area contributed by atoms with Crippen LogP contribution in [0.4, 0.5) is 11.4 Å². The van der Waals surface area contributed by atoms with Gasteiger partial charge in [-0.15, -0.1) is 0 Å². The largest absolute Gasteiger partial charge is 0.378 e. The Morgan fingerprint density at radius 3 is 2.32 bits per heavy atom. The van der Waals surface area contributed by atoms with Gasteiger partial charge in [0.15, 0.2) is 0 Å². The first kappa shape index (κ1) is 26.0. The first-order valence-electron chi connectivity index (χ1n) is 13.1. The number of anilines is 2. The van der Waals surface area contributed by atoms with Gasteiger partial charge in [0.1, 0.15) is 0 Å². The third-order valence-electron chi connectivity index (χ3n) is 7.40. The van der Waals surface area contributed by atoms with E-state index in [-0.39, 0.29) is 18.5 Å². The number of carbonyl (C=O) groups is 1. The molecule has 3 aliphatic rings. The van der Waals surface area contributed by atoms with E-state index in [1.54, 1.807) is 0 Å². The molecule has 2 saturated heterocycles. The maximum atomic E-state index is 13.2. The summed E-state index contributed by atoms with van der Waals surface area (Å²) >= 11 is 0. The second kappa shape index (κ2) is 11.4. The lowest BCUT2D eigenvalue weighted by Crippen LogP contribution is -2.56. The van der Waals surface area contributed by atoms with Gasteiger partial charge in [0, 0.05) is 63.7 Å². The minimum atomic E-state index is -3.41. The van der Waals surface area contributed by atoms with Crippen LogP contribution >= 0.6 is 0 Å². The zero-order chi connectivity index (χ0) is 25.8. The highest BCUT2D eigenvalue weighted by atomic mass is 32.2. The predicted octanol–water partition coefficient (Wildman–Crippen LogP) is 1.15. The van der Waals surface area contributed by atoms with Gasteiger partial charge < -0.3 is 19.4 Å². The van der Waals surface area contributed by atoms with Crippen molar-refractivity contribution in [1.29, 1.82) is 0 Å². The van der Waals surface area contributed by atoms with E-state index < -0.39 is 10.0 Å². The summed E-state index contributed by atoms with van der Waals surface area (Å²) in [7, 11) is -3.41. The maximum absolute atomic E-state index is 13.2. The highest BCUT2D eigenvalue weighted by molar-refractivity contribution is 7.88. The zero-order valence-electron chi connectivity index (χ0n) is 21.5. The monoisotopic (exact) mass is 527 g/mol. The van der Waals surface area contributed by atoms with Crippen LogP contribution in [-0.2, 0) is 32.5 Å². The molecule has 37 heavy (non-hydrogen) atoms. The van der Waals surface area contributed by atoms with Crippen LogP contribution in [0.25, 0.3) is 0 Å². The molecule has 3 aliphatic heterocycles. The molecule has 2 aromatic rings. The normalized spacial score (nSPS) is 20.1. The standard InChI is InChI=1S/C27H37N5O4S/c1-37(34,35)28-24(19-29-10-9-22-5-2-3-6-23(22)18-29)20-32-12-11-31(21-27(32)33)26-8-4-7-25(17-26)30-13-15-36-16-14-30/h2-8,17,24,28H,9-16,18-21H2,1H3. The molecule has 1 atom stereocenters. The Morgan fingerprint density at radius 1 is 0.865 bits per heavy atom. The van der Waals surface area contributed by atoms with Gasteiger partial charge in [-0.1, -0.05) is 30.3 Å². The van der Waals surface area contributed by atoms with Crippen molar-refractivity contribution in [2.24, 2.45) is 0 Å². The SMILES string of the molecule is CS(=O)(=O)NC(CN1CCc2ccccc2C1)CN1CCN(c2cccc(N3CCOCC3)c2)CC1=O. The number of nitrogens with zero attached hydrogens (tertiary/aromatic N) is 4. The molecule has 2 aromatic carbocycles. The lowest BCUT2D eigenvalue weighted by atomic mass is 9.99. The molecule has 1 unspecified atom stereocenters. The summed E-state index contributed by atoms with van der Waals surface area (Å²) in [5.41, 5.74) is 4.83. The summed E-state index contributed by atoms with van der Waals surface area (Å²) < 4.78 is 32.6. The number of amides is 1. The van der Waals surface area contributed by atoms with Crippen molar-refractivity contribution in [2.75, 3.05) is 81.6 Å². The van der Waals surface area contributed by atoms with E-state index in [4.69, 9.17) is 4.74 Å². The topological polar surface area (TPSA) is 85.4 Å². The molecule has 1 N–H and O–H groups in total. The van der Waals surface area contributed by atoms with Crippen LogP contribution in [0.15, 0.2) is 48.5 Å². The van der Waals surface area contributed by atoms with Gasteiger partial charge in [-0.05, 0) is 35.7 Å². The van der Waals surface area contributed by atoms with Crippen molar-refractivity contribution >= 4 is 27.3 Å². The molecule has 10 heteroatoms. The van der Waals surface area contributed by atoms with Crippen LogP contribution in [0.1, 0.15) is 11.1 Å². The molecule has 3 heterocycles. The molecule has 200 valence electrons. The van der Waals surface area contributed by atoms with Gasteiger partial charge in [-0.3, -0.25) is 9.69 Å². The molecule has 0 aliphatic carbocycles. The Kier molecular flexibility index (Phi) is 7.99. The molecule has 9 nitrogen and oxygen atoms in total. The number of morpholine rings is 1. The molecule has 0 saturated carbocycles. The van der Waals surface area contributed by atoms with Crippen LogP contribution in [0.3, 0.4) is 0 Å². The molecular weight excluding hydrogens is 490 g/mol. The van der Waals surface area contributed by atoms with E-state index in [1.165, 1.54) is 17.4 Å². The molecule has 0 radical (unpaired) electrons. The van der Waals surface area contributed by atoms with Crippen LogP contribution in [0.5, 0.6) is 0 Å². The lowest BCUT2D eigenvalue weighted by molar-refractivity contribution is -0.131. The maximum Gasteiger partial charge on any atom is 0.242 e. The molecule has 0 aromatic heterocycles. The number of sulfonamides is 1. The number of piperazine rings is 1. The number of nitrogens with one attached hydrogen (secondary N) is 1. The van der Waals surface area contributed by atoms with Crippen LogP contribution in [0, 0.1) is 0 Å². The van der Waals surface area contributed by atoms with Gasteiger partial charge in [0.25, 0.3) is 0 Å². The molecular formula is C27H37N5O4S. The van der Waals surface area contributed by atoms with E-state index in [2.05, 4.69) is 55.8 Å². The van der Waals surface area contributed by atoms with E-state index in [0.29, 0.717) is 26.2 Å². The van der Waals surface area contributed by atoms with Gasteiger partial charge in [-0.2, -0.15) is 0 Å². The first-order valence-corrected chi connectivity index (χ1v) is 15.0. The Bertz CT molecular complexity index is 1200. The van der Waals surface area contributed by atoms with E-state index >= 15 is 0 Å². The predicted molar refractivity (Wildman–Crippen MR) is 145 cm³/mol. The Hall–Kier alpha value is -2.66. The van der Waals surface area contributed by atoms with Gasteiger partial charge >= 0.3 is 0 Å². The minimum Gasteiger partial charge on any atom is -0.378 e. The van der Waals surface area contributed by atoms with Crippen molar-refractivity contribution in [3.63, 3.8) is 0 Å². The number of hydrogen-bond donors (Lipinski definition) is 1. The van der Waals surface area contributed by atoms with Crippen molar-refractivity contribution in [3.05, 3.63) is 59.7 Å². The van der Waals surface area contributed by atoms with E-state index in [1.807, 2.05) is 17.0 Å². The van der Waals surface area contributed by atoms with Crippen LogP contribution < -0.4 is 14.5 Å². The average molecular weight is 528 g/mol. The fraction of sp³-hybridized carbons (Fsp3) is 0.519. The Balaban J connectivity index is 1.21. The van der Waals surface area contributed by atoms with Crippen molar-refractivity contribution in [3.8, 4) is 0 Å². The van der Waals surface area contributed by atoms with Gasteiger partial charge in [0.2, 0.25) is 15.9 Å². The van der Waals surface area contributed by atoms with E-state index in [0.717, 1.165) is 57.2 Å². The number of hydrogen-bond acceptors (Lipinski definition) is 7. The molecule has 0 spiro atoms. The second-order valence-electron chi connectivity index (χ2n) is 10.2. The summed E-state index contributed by atoms with van der Waals surface area (Å²) in [5, 5.41) is 0. The number of ether oxygens (including phenoxy) is 1. The highest BCUT2D eigenvalue weighted by Gasteiger charge is 2.29. The van der Waals surface area contributed by atoms with Gasteiger partial charge in [-0.25, -0.2) is 13.1 Å². The summed E-state index contributed by atoms with van der Waals surface area (Å²) in [6.45, 7) is 7.35. The molecule has 0 bridgehead atoms. The van der Waals surface area contributed by atoms with E-state index in [9.17, 15) is 13.2 Å². The second-order valence-corrected chi connectivity index (χ2v) is 12.0. The Morgan fingerprint density at radius 2 is 1.59 bits per heavy atom. The molecule has 5 rings (SSSR count). The first-order chi connectivity index (χ1) is 17.8. The Labute approximate surface area is 220 Å². The van der Waals surface area contributed by atoms with Crippen molar-refractivity contribution in [1.82, 2.24) is 14.5 Å². The van der Waals surface area contributed by atoms with Crippen LogP contribution in [-0.4, -0.2) is 102 Å². The van der Waals surface area contributed by atoms with Gasteiger partial charge in [0.05, 0.1) is 32.1 Å². The summed E-state index contributed by atoms with van der Waals surface area (Å²) in [6, 6.07) is 16.4. The quantitative estimate of drug-likeness (QED) is 0.551. The summed E-state index contributed by atoms with van der Waals surface area (Å²) in [5.74, 6) is 0.0207. The third-order valence-corrected chi connectivity index (χ3v) is 8.16. The molecule has 1 amide bonds. The number of rotatable bonds is 8. The number of fused-ring (bicyclic) bond motifs is 1. The van der Waals surface area contributed by atoms with Crippen molar-refractivity contribution in [2.45, 2.75) is 19.0 Å². The lowest BCUT2D eigenvalue weighted by Gasteiger charge is -2.39. The number of benzene rings is 2.